The molecular formula is C21H22N4O. The molecule has 1 aliphatic heterocycles. The van der Waals surface area contributed by atoms with E-state index in [9.17, 15) is 4.79 Å². The summed E-state index contributed by atoms with van der Waals surface area (Å²) < 4.78 is 1.65. The van der Waals surface area contributed by atoms with E-state index in [1.807, 2.05) is 35.2 Å². The maximum Gasteiger partial charge on any atom is 0.276 e. The van der Waals surface area contributed by atoms with Crippen molar-refractivity contribution in [3.63, 3.8) is 0 Å². The van der Waals surface area contributed by atoms with E-state index >= 15 is 0 Å². The van der Waals surface area contributed by atoms with Crippen LogP contribution in [0.4, 0.5) is 0 Å². The van der Waals surface area contributed by atoms with Gasteiger partial charge in [0.1, 0.15) is 0 Å². The van der Waals surface area contributed by atoms with Gasteiger partial charge in [-0.15, -0.1) is 5.10 Å². The number of nitrogens with zero attached hydrogens (tertiary/aromatic N) is 4. The summed E-state index contributed by atoms with van der Waals surface area (Å²) in [5, 5.41) is 8.25. The molecule has 5 nitrogen and oxygen atoms in total. The summed E-state index contributed by atoms with van der Waals surface area (Å²) in [6.07, 6.45) is 3.71. The number of hydrogen-bond donors (Lipinski definition) is 0. The zero-order valence-electron chi connectivity index (χ0n) is 15.1. The van der Waals surface area contributed by atoms with Crippen LogP contribution in [0.1, 0.15) is 46.1 Å². The van der Waals surface area contributed by atoms with Crippen molar-refractivity contribution in [3.8, 4) is 5.69 Å². The first-order valence-electron chi connectivity index (χ1n) is 8.99. The normalized spacial score (nSPS) is 16.8. The summed E-state index contributed by atoms with van der Waals surface area (Å²) in [5.74, 6) is -0.0474. The number of benzene rings is 2. The average molecular weight is 346 g/mol. The standard InChI is InChI=1S/C21H22N4O/c1-15-11-16(2)13-17(12-15)20-9-6-10-24(20)21(26)19-14-25(23-22-19)18-7-4-3-5-8-18/h3-5,7-8,11-14,20H,6,9-10H2,1-2H3. The Bertz CT molecular complexity index is 912. The topological polar surface area (TPSA) is 51.0 Å². The fraction of sp³-hybridized carbons (Fsp3) is 0.286. The molecule has 1 amide bonds. The summed E-state index contributed by atoms with van der Waals surface area (Å²) in [7, 11) is 0. The first-order chi connectivity index (χ1) is 12.6. The fourth-order valence-electron chi connectivity index (χ4n) is 3.77. The minimum absolute atomic E-state index is 0.0474. The van der Waals surface area contributed by atoms with Crippen molar-refractivity contribution < 1.29 is 4.79 Å². The third kappa shape index (κ3) is 3.12. The number of aryl methyl sites for hydroxylation is 2. The van der Waals surface area contributed by atoms with Gasteiger partial charge in [0.2, 0.25) is 0 Å². The highest BCUT2D eigenvalue weighted by Crippen LogP contribution is 2.33. The first-order valence-corrected chi connectivity index (χ1v) is 8.99. The molecule has 2 aromatic carbocycles. The zero-order chi connectivity index (χ0) is 18.1. The monoisotopic (exact) mass is 346 g/mol. The van der Waals surface area contributed by atoms with Crippen molar-refractivity contribution in [2.75, 3.05) is 6.54 Å². The first kappa shape index (κ1) is 16.5. The molecule has 1 fully saturated rings. The van der Waals surface area contributed by atoms with E-state index in [0.29, 0.717) is 5.69 Å². The lowest BCUT2D eigenvalue weighted by atomic mass is 9.99. The van der Waals surface area contributed by atoms with Crippen LogP contribution in [0.25, 0.3) is 5.69 Å². The van der Waals surface area contributed by atoms with Crippen LogP contribution in [0, 0.1) is 13.8 Å². The lowest BCUT2D eigenvalue weighted by molar-refractivity contribution is 0.0729. The highest BCUT2D eigenvalue weighted by atomic mass is 16.2. The van der Waals surface area contributed by atoms with Crippen LogP contribution in [-0.4, -0.2) is 32.3 Å². The van der Waals surface area contributed by atoms with Crippen molar-refractivity contribution in [1.82, 2.24) is 19.9 Å². The van der Waals surface area contributed by atoms with E-state index in [4.69, 9.17) is 0 Å². The molecule has 5 heteroatoms. The molecule has 1 aliphatic rings. The van der Waals surface area contributed by atoms with Crippen LogP contribution in [0.3, 0.4) is 0 Å². The molecule has 0 bridgehead atoms. The predicted octanol–water partition coefficient (Wildman–Crippen LogP) is 3.86. The minimum atomic E-state index is -0.0474. The maximum atomic E-state index is 13.1. The third-order valence-electron chi connectivity index (χ3n) is 4.88. The van der Waals surface area contributed by atoms with Gasteiger partial charge in [-0.3, -0.25) is 4.79 Å². The van der Waals surface area contributed by atoms with Gasteiger partial charge in [0.15, 0.2) is 5.69 Å². The van der Waals surface area contributed by atoms with Crippen LogP contribution < -0.4 is 0 Å². The Morgan fingerprint density at radius 1 is 1.08 bits per heavy atom. The van der Waals surface area contributed by atoms with Gasteiger partial charge >= 0.3 is 0 Å². The van der Waals surface area contributed by atoms with Crippen LogP contribution in [0.15, 0.2) is 54.7 Å². The van der Waals surface area contributed by atoms with Crippen molar-refractivity contribution in [3.05, 3.63) is 77.1 Å². The second-order valence-corrected chi connectivity index (χ2v) is 6.96. The van der Waals surface area contributed by atoms with Crippen LogP contribution in [0.5, 0.6) is 0 Å². The Morgan fingerprint density at radius 3 is 2.54 bits per heavy atom. The highest BCUT2D eigenvalue weighted by Gasteiger charge is 2.32. The molecule has 0 radical (unpaired) electrons. The van der Waals surface area contributed by atoms with E-state index in [2.05, 4.69) is 42.4 Å². The summed E-state index contributed by atoms with van der Waals surface area (Å²) in [6.45, 7) is 4.96. The van der Waals surface area contributed by atoms with Gasteiger partial charge in [0.05, 0.1) is 17.9 Å². The molecule has 3 aromatic rings. The van der Waals surface area contributed by atoms with Gasteiger partial charge in [0.25, 0.3) is 5.91 Å². The molecule has 132 valence electrons. The molecule has 0 N–H and O–H groups in total. The van der Waals surface area contributed by atoms with Crippen molar-refractivity contribution in [2.45, 2.75) is 32.7 Å². The van der Waals surface area contributed by atoms with Gasteiger partial charge in [-0.25, -0.2) is 4.68 Å². The van der Waals surface area contributed by atoms with E-state index in [1.54, 1.807) is 10.9 Å². The predicted molar refractivity (Wildman–Crippen MR) is 100 cm³/mol. The smallest absolute Gasteiger partial charge is 0.276 e. The van der Waals surface area contributed by atoms with Gasteiger partial charge < -0.3 is 4.90 Å². The molecule has 1 atom stereocenters. The number of amides is 1. The van der Waals surface area contributed by atoms with Gasteiger partial charge in [-0.1, -0.05) is 52.7 Å². The number of hydrogen-bond acceptors (Lipinski definition) is 3. The lowest BCUT2D eigenvalue weighted by Crippen LogP contribution is -2.31. The maximum absolute atomic E-state index is 13.1. The number of carbonyl (C=O) groups excluding carboxylic acids is 1. The van der Waals surface area contributed by atoms with Crippen LogP contribution >= 0.6 is 0 Å². The molecule has 2 heterocycles. The summed E-state index contributed by atoms with van der Waals surface area (Å²) in [5.41, 5.74) is 4.96. The Kier molecular flexibility index (Phi) is 4.29. The second kappa shape index (κ2) is 6.75. The molecule has 1 unspecified atom stereocenters. The number of para-hydroxylation sites is 1. The minimum Gasteiger partial charge on any atom is -0.330 e. The Balaban J connectivity index is 1.60. The lowest BCUT2D eigenvalue weighted by Gasteiger charge is -2.24. The second-order valence-electron chi connectivity index (χ2n) is 6.96. The Hall–Kier alpha value is -2.95. The quantitative estimate of drug-likeness (QED) is 0.723. The molecule has 1 saturated heterocycles. The van der Waals surface area contributed by atoms with Gasteiger partial charge in [-0.05, 0) is 44.4 Å². The van der Waals surface area contributed by atoms with Gasteiger partial charge in [0, 0.05) is 6.54 Å². The van der Waals surface area contributed by atoms with Crippen molar-refractivity contribution >= 4 is 5.91 Å². The van der Waals surface area contributed by atoms with E-state index < -0.39 is 0 Å². The third-order valence-corrected chi connectivity index (χ3v) is 4.88. The summed E-state index contributed by atoms with van der Waals surface area (Å²) in [6, 6.07) is 16.4. The number of likely N-dealkylation sites (tertiary alicyclic amines) is 1. The zero-order valence-corrected chi connectivity index (χ0v) is 15.1. The van der Waals surface area contributed by atoms with Crippen molar-refractivity contribution in [1.29, 1.82) is 0 Å². The van der Waals surface area contributed by atoms with Crippen molar-refractivity contribution in [2.24, 2.45) is 0 Å². The van der Waals surface area contributed by atoms with Crippen LogP contribution in [-0.2, 0) is 0 Å². The molecule has 0 saturated carbocycles. The summed E-state index contributed by atoms with van der Waals surface area (Å²) in [4.78, 5) is 15.0. The molecular weight excluding hydrogens is 324 g/mol. The highest BCUT2D eigenvalue weighted by molar-refractivity contribution is 5.92. The van der Waals surface area contributed by atoms with E-state index in [1.165, 1.54) is 16.7 Å². The SMILES string of the molecule is Cc1cc(C)cc(C2CCCN2C(=O)c2cn(-c3ccccc3)nn2)c1. The Labute approximate surface area is 153 Å². The molecule has 1 aromatic heterocycles. The largest absolute Gasteiger partial charge is 0.330 e. The molecule has 0 aliphatic carbocycles. The van der Waals surface area contributed by atoms with E-state index in [0.717, 1.165) is 25.1 Å². The molecule has 4 rings (SSSR count). The average Bonchev–Trinajstić information content (AvgIpc) is 3.31. The fourth-order valence-corrected chi connectivity index (χ4v) is 3.77. The number of carbonyl (C=O) groups is 1. The number of rotatable bonds is 3. The molecule has 0 spiro atoms. The molecule has 26 heavy (non-hydrogen) atoms. The summed E-state index contributed by atoms with van der Waals surface area (Å²) >= 11 is 0. The Morgan fingerprint density at radius 2 is 1.81 bits per heavy atom. The van der Waals surface area contributed by atoms with Crippen LogP contribution in [0.2, 0.25) is 0 Å². The number of aromatic nitrogens is 3. The van der Waals surface area contributed by atoms with E-state index in [-0.39, 0.29) is 11.9 Å². The van der Waals surface area contributed by atoms with Gasteiger partial charge in [-0.2, -0.15) is 0 Å².